The number of hydrogen-bond donors (Lipinski definition) is 0. The summed E-state index contributed by atoms with van der Waals surface area (Å²) < 4.78 is 16.4. The Morgan fingerprint density at radius 1 is 1.23 bits per heavy atom. The average molecular weight is 452 g/mol. The number of methoxy groups -OCH3 is 1. The average Bonchev–Trinajstić information content (AvgIpc) is 3.09. The Balaban J connectivity index is 1.72. The summed E-state index contributed by atoms with van der Waals surface area (Å²) >= 11 is 7.46. The molecule has 1 aromatic heterocycles. The second-order valence-corrected chi connectivity index (χ2v) is 8.97. The summed E-state index contributed by atoms with van der Waals surface area (Å²) in [4.78, 5) is 30.9. The fraction of sp³-hybridized carbons (Fsp3) is 0.500. The van der Waals surface area contributed by atoms with Gasteiger partial charge in [-0.15, -0.1) is 11.3 Å². The second kappa shape index (κ2) is 9.90. The van der Waals surface area contributed by atoms with Crippen LogP contribution >= 0.6 is 22.9 Å². The number of halogens is 1. The molecule has 1 saturated carbocycles. The number of aromatic nitrogens is 1. The van der Waals surface area contributed by atoms with E-state index in [0.29, 0.717) is 36.4 Å². The number of benzene rings is 1. The lowest BCUT2D eigenvalue weighted by Crippen LogP contribution is -2.48. The first-order valence-electron chi connectivity index (χ1n) is 10.0. The van der Waals surface area contributed by atoms with Crippen molar-refractivity contribution in [2.75, 3.05) is 13.7 Å². The highest BCUT2D eigenvalue weighted by molar-refractivity contribution is 7.15. The number of hydrogen-bond acceptors (Lipinski definition) is 7. The van der Waals surface area contributed by atoms with Gasteiger partial charge in [-0.05, 0) is 38.8 Å². The molecule has 1 fully saturated rings. The monoisotopic (exact) mass is 451 g/mol. The summed E-state index contributed by atoms with van der Waals surface area (Å²) in [7, 11) is 1.65. The van der Waals surface area contributed by atoms with Crippen molar-refractivity contribution in [1.82, 2.24) is 4.98 Å². The zero-order chi connectivity index (χ0) is 21.7. The molecule has 1 aliphatic rings. The van der Waals surface area contributed by atoms with Crippen molar-refractivity contribution in [3.05, 3.63) is 39.9 Å². The Labute approximate surface area is 185 Å². The molecule has 1 aromatic carbocycles. The van der Waals surface area contributed by atoms with Crippen molar-refractivity contribution in [1.29, 1.82) is 0 Å². The Bertz CT molecular complexity index is 887. The maximum absolute atomic E-state index is 12.8. The van der Waals surface area contributed by atoms with Crippen LogP contribution in [0.5, 0.6) is 0 Å². The van der Waals surface area contributed by atoms with E-state index in [1.54, 1.807) is 26.2 Å². The van der Waals surface area contributed by atoms with Crippen LogP contribution in [-0.4, -0.2) is 42.3 Å². The van der Waals surface area contributed by atoms with Crippen LogP contribution in [0.1, 0.15) is 43.2 Å². The lowest BCUT2D eigenvalue weighted by Gasteiger charge is -2.36. The lowest BCUT2D eigenvalue weighted by atomic mass is 9.83. The molecule has 0 amide bonds. The first kappa shape index (κ1) is 22.7. The van der Waals surface area contributed by atoms with Gasteiger partial charge in [0.25, 0.3) is 0 Å². The van der Waals surface area contributed by atoms with Crippen LogP contribution in [0.15, 0.2) is 24.3 Å². The Kier molecular flexibility index (Phi) is 7.50. The van der Waals surface area contributed by atoms with Gasteiger partial charge in [-0.3, -0.25) is 4.79 Å². The van der Waals surface area contributed by atoms with Crippen molar-refractivity contribution in [3.8, 4) is 10.6 Å². The lowest BCUT2D eigenvalue weighted by molar-refractivity contribution is -0.189. The molecule has 1 heterocycles. The minimum atomic E-state index is -1.24. The third-order valence-corrected chi connectivity index (χ3v) is 6.64. The largest absolute Gasteiger partial charge is 0.463 e. The molecular formula is C22H26ClNO5S. The molecule has 30 heavy (non-hydrogen) atoms. The molecule has 0 spiro atoms. The predicted octanol–water partition coefficient (Wildman–Crippen LogP) is 4.75. The van der Waals surface area contributed by atoms with Crippen LogP contribution in [0.2, 0.25) is 5.02 Å². The Morgan fingerprint density at radius 3 is 2.50 bits per heavy atom. The first-order chi connectivity index (χ1) is 14.4. The van der Waals surface area contributed by atoms with Crippen LogP contribution in [0.25, 0.3) is 10.6 Å². The van der Waals surface area contributed by atoms with Gasteiger partial charge in [0.15, 0.2) is 0 Å². The molecule has 0 radical (unpaired) electrons. The number of carbonyl (C=O) groups is 2. The third-order valence-electron chi connectivity index (χ3n) is 5.33. The highest BCUT2D eigenvalue weighted by Crippen LogP contribution is 2.35. The van der Waals surface area contributed by atoms with Gasteiger partial charge in [0.05, 0.1) is 24.8 Å². The van der Waals surface area contributed by atoms with Crippen molar-refractivity contribution >= 4 is 34.9 Å². The molecule has 3 rings (SSSR count). The molecule has 0 unspecified atom stereocenters. The van der Waals surface area contributed by atoms with E-state index in [9.17, 15) is 9.59 Å². The number of ether oxygens (including phenoxy) is 3. The zero-order valence-electron chi connectivity index (χ0n) is 17.4. The van der Waals surface area contributed by atoms with Gasteiger partial charge in [-0.2, -0.15) is 0 Å². The van der Waals surface area contributed by atoms with Crippen LogP contribution in [0, 0.1) is 6.92 Å². The highest BCUT2D eigenvalue weighted by Gasteiger charge is 2.47. The van der Waals surface area contributed by atoms with Crippen LogP contribution in [0.3, 0.4) is 0 Å². The van der Waals surface area contributed by atoms with E-state index in [4.69, 9.17) is 25.8 Å². The van der Waals surface area contributed by atoms with Gasteiger partial charge in [-0.25, -0.2) is 9.78 Å². The van der Waals surface area contributed by atoms with Gasteiger partial charge in [-0.1, -0.05) is 23.7 Å². The normalized spacial score (nSPS) is 21.3. The summed E-state index contributed by atoms with van der Waals surface area (Å²) in [5.41, 5.74) is 0.345. The van der Waals surface area contributed by atoms with Gasteiger partial charge in [0.1, 0.15) is 5.01 Å². The molecule has 0 saturated heterocycles. The molecule has 0 aliphatic heterocycles. The van der Waals surface area contributed by atoms with E-state index in [-0.39, 0.29) is 19.1 Å². The Morgan fingerprint density at radius 2 is 1.90 bits per heavy atom. The van der Waals surface area contributed by atoms with Crippen LogP contribution in [-0.2, 0) is 30.2 Å². The molecule has 6 nitrogen and oxygen atoms in total. The molecule has 2 aromatic rings. The van der Waals surface area contributed by atoms with Gasteiger partial charge >= 0.3 is 11.9 Å². The maximum atomic E-state index is 12.8. The summed E-state index contributed by atoms with van der Waals surface area (Å²) in [5.74, 6) is -0.959. The van der Waals surface area contributed by atoms with E-state index >= 15 is 0 Å². The molecular weight excluding hydrogens is 426 g/mol. The SMILES string of the molecule is CCOC(=O)C1(OC(=O)Cc2nc(-c3ccc(Cl)cc3)sc2C)CCC(OC)CC1. The fourth-order valence-electron chi connectivity index (χ4n) is 3.60. The highest BCUT2D eigenvalue weighted by atomic mass is 35.5. The van der Waals surface area contributed by atoms with Crippen LogP contribution < -0.4 is 0 Å². The number of nitrogens with zero attached hydrogens (tertiary/aromatic N) is 1. The fourth-order valence-corrected chi connectivity index (χ4v) is 4.66. The maximum Gasteiger partial charge on any atom is 0.350 e. The van der Waals surface area contributed by atoms with E-state index in [1.165, 1.54) is 11.3 Å². The molecule has 0 N–H and O–H groups in total. The minimum Gasteiger partial charge on any atom is -0.463 e. The molecule has 0 atom stereocenters. The van der Waals surface area contributed by atoms with Crippen molar-refractivity contribution in [2.24, 2.45) is 0 Å². The molecule has 162 valence electrons. The van der Waals surface area contributed by atoms with Crippen molar-refractivity contribution < 1.29 is 23.8 Å². The quantitative estimate of drug-likeness (QED) is 0.565. The van der Waals surface area contributed by atoms with Gasteiger partial charge in [0, 0.05) is 35.4 Å². The summed E-state index contributed by atoms with van der Waals surface area (Å²) in [6.45, 7) is 3.90. The standard InChI is InChI=1S/C22H26ClNO5S/c1-4-28-21(26)22(11-9-17(27-3)10-12-22)29-19(25)13-18-14(2)30-20(24-18)15-5-7-16(23)8-6-15/h5-8,17H,4,9-13H2,1-3H3. The molecule has 8 heteroatoms. The van der Waals surface area contributed by atoms with Crippen molar-refractivity contribution in [3.63, 3.8) is 0 Å². The second-order valence-electron chi connectivity index (χ2n) is 7.33. The predicted molar refractivity (Wildman–Crippen MR) is 116 cm³/mol. The topological polar surface area (TPSA) is 74.7 Å². The zero-order valence-corrected chi connectivity index (χ0v) is 19.0. The Hall–Kier alpha value is -1.96. The molecule has 1 aliphatic carbocycles. The summed E-state index contributed by atoms with van der Waals surface area (Å²) in [6, 6.07) is 7.40. The number of aryl methyl sites for hydroxylation is 1. The van der Waals surface area contributed by atoms with Crippen molar-refractivity contribution in [2.45, 2.75) is 57.7 Å². The summed E-state index contributed by atoms with van der Waals surface area (Å²) in [5, 5.41) is 1.47. The van der Waals surface area contributed by atoms with E-state index in [0.717, 1.165) is 15.4 Å². The van der Waals surface area contributed by atoms with E-state index in [1.807, 2.05) is 19.1 Å². The minimum absolute atomic E-state index is 0.00475. The summed E-state index contributed by atoms with van der Waals surface area (Å²) in [6.07, 6.45) is 2.13. The van der Waals surface area contributed by atoms with E-state index in [2.05, 4.69) is 4.98 Å². The van der Waals surface area contributed by atoms with Gasteiger partial charge in [0.2, 0.25) is 5.60 Å². The number of thiazole rings is 1. The van der Waals surface area contributed by atoms with E-state index < -0.39 is 17.5 Å². The third kappa shape index (κ3) is 5.20. The number of rotatable bonds is 7. The first-order valence-corrected chi connectivity index (χ1v) is 11.2. The number of esters is 2. The molecule has 0 bridgehead atoms. The number of carbonyl (C=O) groups excluding carboxylic acids is 2. The smallest absolute Gasteiger partial charge is 0.350 e. The van der Waals surface area contributed by atoms with Crippen LogP contribution in [0.4, 0.5) is 0 Å². The van der Waals surface area contributed by atoms with Gasteiger partial charge < -0.3 is 14.2 Å².